The summed E-state index contributed by atoms with van der Waals surface area (Å²) < 4.78 is 0. The van der Waals surface area contributed by atoms with Gasteiger partial charge in [0.1, 0.15) is 0 Å². The van der Waals surface area contributed by atoms with E-state index in [4.69, 9.17) is 0 Å². The van der Waals surface area contributed by atoms with Gasteiger partial charge in [0.25, 0.3) is 0 Å². The maximum atomic E-state index is 12.4. The molecule has 1 aliphatic heterocycles. The summed E-state index contributed by atoms with van der Waals surface area (Å²) in [5.41, 5.74) is 3.14. The summed E-state index contributed by atoms with van der Waals surface area (Å²) in [6.45, 7) is 11.4. The number of rotatable bonds is 5. The van der Waals surface area contributed by atoms with E-state index in [0.717, 1.165) is 31.7 Å². The molecule has 3 nitrogen and oxygen atoms in total. The normalized spacial score (nSPS) is 16.5. The summed E-state index contributed by atoms with van der Waals surface area (Å²) in [6.07, 6.45) is 0.836. The fourth-order valence-electron chi connectivity index (χ4n) is 2.44. The van der Waals surface area contributed by atoms with Crippen LogP contribution < -0.4 is 5.32 Å². The summed E-state index contributed by atoms with van der Waals surface area (Å²) >= 11 is 2.03. The quantitative estimate of drug-likeness (QED) is 0.892. The van der Waals surface area contributed by atoms with Gasteiger partial charge in [-0.1, -0.05) is 32.9 Å². The first-order valence-electron chi connectivity index (χ1n) is 8.14. The zero-order valence-electron chi connectivity index (χ0n) is 14.2. The van der Waals surface area contributed by atoms with Crippen molar-refractivity contribution in [2.24, 2.45) is 5.41 Å². The molecule has 4 heteroatoms. The lowest BCUT2D eigenvalue weighted by Gasteiger charge is -2.27. The molecule has 1 heterocycles. The minimum Gasteiger partial charge on any atom is -0.325 e. The molecule has 1 aliphatic rings. The van der Waals surface area contributed by atoms with Crippen LogP contribution in [0.2, 0.25) is 0 Å². The van der Waals surface area contributed by atoms with E-state index in [9.17, 15) is 4.79 Å². The van der Waals surface area contributed by atoms with E-state index in [0.29, 0.717) is 0 Å². The highest BCUT2D eigenvalue weighted by Gasteiger charge is 2.25. The number of amides is 1. The van der Waals surface area contributed by atoms with Crippen molar-refractivity contribution in [3.8, 4) is 0 Å². The first kappa shape index (κ1) is 17.4. The van der Waals surface area contributed by atoms with Gasteiger partial charge in [0.05, 0.1) is 0 Å². The third-order valence-corrected chi connectivity index (χ3v) is 5.63. The summed E-state index contributed by atoms with van der Waals surface area (Å²) in [5, 5.41) is 3.12. The number of hydrogen-bond donors (Lipinski definition) is 1. The van der Waals surface area contributed by atoms with Gasteiger partial charge in [0.15, 0.2) is 0 Å². The summed E-state index contributed by atoms with van der Waals surface area (Å²) in [6, 6.07) is 6.24. The minimum absolute atomic E-state index is 0.102. The Morgan fingerprint density at radius 2 is 2.00 bits per heavy atom. The van der Waals surface area contributed by atoms with Crippen molar-refractivity contribution in [1.82, 2.24) is 4.90 Å². The third-order valence-electron chi connectivity index (χ3n) is 4.69. The van der Waals surface area contributed by atoms with Gasteiger partial charge in [0.2, 0.25) is 5.91 Å². The fraction of sp³-hybridized carbons (Fsp3) is 0.611. The Morgan fingerprint density at radius 3 is 2.64 bits per heavy atom. The number of carbonyl (C=O) groups excluding carboxylic acids is 1. The molecule has 0 aromatic heterocycles. The number of nitrogens with zero attached hydrogens (tertiary/aromatic N) is 1. The van der Waals surface area contributed by atoms with Gasteiger partial charge in [-0.2, -0.15) is 11.8 Å². The maximum absolute atomic E-state index is 12.4. The van der Waals surface area contributed by atoms with Crippen LogP contribution in [0.4, 0.5) is 5.69 Å². The van der Waals surface area contributed by atoms with E-state index in [2.05, 4.69) is 36.2 Å². The molecule has 1 amide bonds. The van der Waals surface area contributed by atoms with Gasteiger partial charge in [-0.25, -0.2) is 0 Å². The predicted molar refractivity (Wildman–Crippen MR) is 96.5 cm³/mol. The van der Waals surface area contributed by atoms with Gasteiger partial charge in [-0.3, -0.25) is 9.69 Å². The fourth-order valence-corrected chi connectivity index (χ4v) is 3.42. The first-order chi connectivity index (χ1) is 10.4. The molecule has 1 aromatic carbocycles. The minimum atomic E-state index is -0.327. The van der Waals surface area contributed by atoms with Crippen LogP contribution in [-0.4, -0.2) is 35.4 Å². The maximum Gasteiger partial charge on any atom is 0.230 e. The third kappa shape index (κ3) is 4.26. The van der Waals surface area contributed by atoms with Crippen molar-refractivity contribution in [3.63, 3.8) is 0 Å². The number of thioether (sulfide) groups is 1. The Kier molecular flexibility index (Phi) is 5.93. The van der Waals surface area contributed by atoms with Crippen LogP contribution >= 0.6 is 11.8 Å². The SMILES string of the molecule is CCC(C)(C)C(=O)Nc1cccc(CN2CCSCC2)c1C. The topological polar surface area (TPSA) is 32.3 Å². The van der Waals surface area contributed by atoms with Crippen molar-refractivity contribution in [2.75, 3.05) is 29.9 Å². The van der Waals surface area contributed by atoms with Crippen molar-refractivity contribution < 1.29 is 4.79 Å². The number of anilines is 1. The molecule has 1 N–H and O–H groups in total. The van der Waals surface area contributed by atoms with Crippen LogP contribution in [0, 0.1) is 12.3 Å². The number of benzene rings is 1. The lowest BCUT2D eigenvalue weighted by atomic mass is 9.89. The van der Waals surface area contributed by atoms with Crippen molar-refractivity contribution in [2.45, 2.75) is 40.7 Å². The average molecular weight is 321 g/mol. The van der Waals surface area contributed by atoms with E-state index in [1.54, 1.807) is 0 Å². The van der Waals surface area contributed by atoms with Crippen LogP contribution in [0.3, 0.4) is 0 Å². The number of hydrogen-bond acceptors (Lipinski definition) is 3. The zero-order valence-corrected chi connectivity index (χ0v) is 15.1. The average Bonchev–Trinajstić information content (AvgIpc) is 2.52. The Morgan fingerprint density at radius 1 is 1.32 bits per heavy atom. The van der Waals surface area contributed by atoms with Crippen LogP contribution in [0.5, 0.6) is 0 Å². The highest BCUT2D eigenvalue weighted by molar-refractivity contribution is 7.99. The first-order valence-corrected chi connectivity index (χ1v) is 9.29. The van der Waals surface area contributed by atoms with Crippen LogP contribution in [0.15, 0.2) is 18.2 Å². The highest BCUT2D eigenvalue weighted by Crippen LogP contribution is 2.26. The number of nitrogens with one attached hydrogen (secondary N) is 1. The standard InChI is InChI=1S/C18H28N2OS/c1-5-18(3,4)17(21)19-16-8-6-7-15(14(16)2)13-20-9-11-22-12-10-20/h6-8H,5,9-13H2,1-4H3,(H,19,21). The number of carbonyl (C=O) groups is 1. The molecule has 0 atom stereocenters. The van der Waals surface area contributed by atoms with Gasteiger partial charge < -0.3 is 5.32 Å². The molecule has 0 unspecified atom stereocenters. The van der Waals surface area contributed by atoms with Crippen molar-refractivity contribution in [1.29, 1.82) is 0 Å². The zero-order chi connectivity index (χ0) is 16.2. The predicted octanol–water partition coefficient (Wildman–Crippen LogP) is 3.92. The van der Waals surface area contributed by atoms with Crippen molar-refractivity contribution in [3.05, 3.63) is 29.3 Å². The molecular weight excluding hydrogens is 292 g/mol. The molecular formula is C18H28N2OS. The second-order valence-corrected chi connectivity index (χ2v) is 7.89. The molecule has 0 radical (unpaired) electrons. The van der Waals surface area contributed by atoms with E-state index in [1.165, 1.54) is 22.6 Å². The second-order valence-electron chi connectivity index (χ2n) is 6.67. The van der Waals surface area contributed by atoms with Gasteiger partial charge in [0, 0.05) is 42.2 Å². The van der Waals surface area contributed by atoms with E-state index in [-0.39, 0.29) is 11.3 Å². The molecule has 0 aliphatic carbocycles. The summed E-state index contributed by atoms with van der Waals surface area (Å²) in [7, 11) is 0. The molecule has 0 bridgehead atoms. The van der Waals surface area contributed by atoms with Crippen LogP contribution in [0.1, 0.15) is 38.3 Å². The smallest absolute Gasteiger partial charge is 0.230 e. The van der Waals surface area contributed by atoms with E-state index < -0.39 is 0 Å². The lowest BCUT2D eigenvalue weighted by Crippen LogP contribution is -2.32. The highest BCUT2D eigenvalue weighted by atomic mass is 32.2. The van der Waals surface area contributed by atoms with Crippen molar-refractivity contribution >= 4 is 23.4 Å². The Labute approximate surface area is 138 Å². The molecule has 1 aromatic rings. The molecule has 2 rings (SSSR count). The van der Waals surface area contributed by atoms with Crippen LogP contribution in [0.25, 0.3) is 0 Å². The molecule has 122 valence electrons. The summed E-state index contributed by atoms with van der Waals surface area (Å²) in [4.78, 5) is 14.9. The Bertz CT molecular complexity index is 522. The monoisotopic (exact) mass is 320 g/mol. The van der Waals surface area contributed by atoms with E-state index in [1.807, 2.05) is 31.7 Å². The van der Waals surface area contributed by atoms with Gasteiger partial charge in [-0.15, -0.1) is 0 Å². The van der Waals surface area contributed by atoms with E-state index >= 15 is 0 Å². The summed E-state index contributed by atoms with van der Waals surface area (Å²) in [5.74, 6) is 2.55. The van der Waals surface area contributed by atoms with Crippen LogP contribution in [-0.2, 0) is 11.3 Å². The second kappa shape index (κ2) is 7.51. The molecule has 0 spiro atoms. The van der Waals surface area contributed by atoms with Gasteiger partial charge >= 0.3 is 0 Å². The Hall–Kier alpha value is -1.00. The molecule has 1 saturated heterocycles. The van der Waals surface area contributed by atoms with Gasteiger partial charge in [-0.05, 0) is 30.5 Å². The largest absolute Gasteiger partial charge is 0.325 e. The Balaban J connectivity index is 2.10. The molecule has 22 heavy (non-hydrogen) atoms. The lowest BCUT2D eigenvalue weighted by molar-refractivity contribution is -0.124. The molecule has 0 saturated carbocycles. The molecule has 1 fully saturated rings.